The summed E-state index contributed by atoms with van der Waals surface area (Å²) >= 11 is 0. The Balaban J connectivity index is 2.11. The number of aromatic nitrogens is 4. The van der Waals surface area contributed by atoms with Gasteiger partial charge in [0.25, 0.3) is 0 Å². The molecule has 98 valence electrons. The zero-order chi connectivity index (χ0) is 13.4. The Bertz CT molecular complexity index is 710. The zero-order valence-corrected chi connectivity index (χ0v) is 11.3. The number of H-pyrrole nitrogens is 1. The summed E-state index contributed by atoms with van der Waals surface area (Å²) in [6.45, 7) is 2.05. The number of aryl methyl sites for hydroxylation is 1. The molecule has 0 saturated carbocycles. The van der Waals surface area contributed by atoms with Crippen molar-refractivity contribution in [2.75, 3.05) is 7.05 Å². The van der Waals surface area contributed by atoms with Crippen molar-refractivity contribution in [2.45, 2.75) is 13.0 Å². The number of nitrogens with zero attached hydrogens (tertiary/aromatic N) is 3. The molecule has 3 rings (SSSR count). The molecule has 1 aromatic carbocycles. The maximum Gasteiger partial charge on any atom is 0.181 e. The standard InChI is InChI=1S/C14H17N5/c1-9(15-2)13-16-14(18-17-13)11-5-4-6-12-10(11)7-8-19(12)3/h4-9,15H,1-3H3,(H,16,17,18)/t9-/m0/s1. The van der Waals surface area contributed by atoms with Crippen LogP contribution in [0.1, 0.15) is 18.8 Å². The van der Waals surface area contributed by atoms with Gasteiger partial charge in [-0.1, -0.05) is 12.1 Å². The second-order valence-corrected chi connectivity index (χ2v) is 4.72. The Morgan fingerprint density at radius 1 is 1.32 bits per heavy atom. The monoisotopic (exact) mass is 255 g/mol. The minimum atomic E-state index is 0.163. The van der Waals surface area contributed by atoms with Crippen molar-refractivity contribution in [3.05, 3.63) is 36.3 Å². The van der Waals surface area contributed by atoms with Crippen molar-refractivity contribution in [2.24, 2.45) is 7.05 Å². The largest absolute Gasteiger partial charge is 0.351 e. The fraction of sp³-hybridized carbons (Fsp3) is 0.286. The Labute approximate surface area is 111 Å². The summed E-state index contributed by atoms with van der Waals surface area (Å²) in [5, 5.41) is 11.6. The molecule has 0 bridgehead atoms. The van der Waals surface area contributed by atoms with E-state index in [9.17, 15) is 0 Å². The minimum Gasteiger partial charge on any atom is -0.351 e. The topological polar surface area (TPSA) is 58.5 Å². The van der Waals surface area contributed by atoms with Crippen LogP contribution >= 0.6 is 0 Å². The van der Waals surface area contributed by atoms with E-state index in [-0.39, 0.29) is 6.04 Å². The highest BCUT2D eigenvalue weighted by Crippen LogP contribution is 2.27. The predicted octanol–water partition coefficient (Wildman–Crippen LogP) is 2.24. The van der Waals surface area contributed by atoms with Crippen molar-refractivity contribution in [1.82, 2.24) is 25.1 Å². The molecule has 5 heteroatoms. The van der Waals surface area contributed by atoms with Crippen LogP contribution in [0.3, 0.4) is 0 Å². The van der Waals surface area contributed by atoms with Gasteiger partial charge in [-0.25, -0.2) is 4.98 Å². The van der Waals surface area contributed by atoms with Crippen LogP contribution in [0.2, 0.25) is 0 Å². The van der Waals surface area contributed by atoms with Crippen molar-refractivity contribution in [3.63, 3.8) is 0 Å². The molecule has 0 saturated heterocycles. The Hall–Kier alpha value is -2.14. The predicted molar refractivity (Wildman–Crippen MR) is 75.8 cm³/mol. The molecule has 0 fully saturated rings. The van der Waals surface area contributed by atoms with Gasteiger partial charge in [-0.2, -0.15) is 5.10 Å². The van der Waals surface area contributed by atoms with Crippen LogP contribution in [0.15, 0.2) is 30.5 Å². The molecule has 0 amide bonds. The molecule has 0 radical (unpaired) electrons. The first-order valence-corrected chi connectivity index (χ1v) is 6.34. The number of hydrogen-bond acceptors (Lipinski definition) is 3. The van der Waals surface area contributed by atoms with Gasteiger partial charge >= 0.3 is 0 Å². The van der Waals surface area contributed by atoms with Gasteiger partial charge in [0, 0.05) is 29.7 Å². The fourth-order valence-corrected chi connectivity index (χ4v) is 2.22. The molecular formula is C14H17N5. The van der Waals surface area contributed by atoms with Crippen LogP contribution < -0.4 is 5.32 Å². The van der Waals surface area contributed by atoms with E-state index < -0.39 is 0 Å². The zero-order valence-electron chi connectivity index (χ0n) is 11.3. The summed E-state index contributed by atoms with van der Waals surface area (Å²) in [6, 6.07) is 8.45. The van der Waals surface area contributed by atoms with E-state index in [1.54, 1.807) is 0 Å². The van der Waals surface area contributed by atoms with Gasteiger partial charge in [-0.3, -0.25) is 5.10 Å². The number of nitrogens with one attached hydrogen (secondary N) is 2. The van der Waals surface area contributed by atoms with Crippen molar-refractivity contribution >= 4 is 10.9 Å². The summed E-state index contributed by atoms with van der Waals surface area (Å²) < 4.78 is 2.10. The molecule has 0 unspecified atom stereocenters. The average molecular weight is 255 g/mol. The van der Waals surface area contributed by atoms with E-state index in [0.717, 1.165) is 17.2 Å². The van der Waals surface area contributed by atoms with Gasteiger partial charge in [-0.15, -0.1) is 0 Å². The lowest BCUT2D eigenvalue weighted by Gasteiger charge is -2.04. The second kappa shape index (κ2) is 4.51. The maximum absolute atomic E-state index is 4.57. The van der Waals surface area contributed by atoms with Crippen LogP contribution in [0.5, 0.6) is 0 Å². The SMILES string of the molecule is CN[C@@H](C)c1nc(-c2cccc3c2ccn3C)n[nH]1. The molecule has 0 aliphatic heterocycles. The summed E-state index contributed by atoms with van der Waals surface area (Å²) in [5.41, 5.74) is 2.24. The van der Waals surface area contributed by atoms with E-state index in [1.165, 1.54) is 10.9 Å². The van der Waals surface area contributed by atoms with Crippen LogP contribution in [-0.2, 0) is 7.05 Å². The highest BCUT2D eigenvalue weighted by molar-refractivity contribution is 5.93. The van der Waals surface area contributed by atoms with E-state index in [2.05, 4.69) is 49.5 Å². The second-order valence-electron chi connectivity index (χ2n) is 4.72. The minimum absolute atomic E-state index is 0.163. The quantitative estimate of drug-likeness (QED) is 0.754. The molecule has 0 aliphatic carbocycles. The normalized spacial score (nSPS) is 13.0. The molecule has 0 spiro atoms. The highest BCUT2D eigenvalue weighted by atomic mass is 15.2. The number of fused-ring (bicyclic) bond motifs is 1. The van der Waals surface area contributed by atoms with Crippen molar-refractivity contribution in [1.29, 1.82) is 0 Å². The average Bonchev–Trinajstić information content (AvgIpc) is 3.05. The molecular weight excluding hydrogens is 238 g/mol. The van der Waals surface area contributed by atoms with Crippen molar-refractivity contribution in [3.8, 4) is 11.4 Å². The third-order valence-corrected chi connectivity index (χ3v) is 3.51. The number of aromatic amines is 1. The number of benzene rings is 1. The number of hydrogen-bond donors (Lipinski definition) is 2. The van der Waals surface area contributed by atoms with E-state index in [0.29, 0.717) is 0 Å². The Kier molecular flexibility index (Phi) is 2.83. The smallest absolute Gasteiger partial charge is 0.181 e. The van der Waals surface area contributed by atoms with E-state index >= 15 is 0 Å². The molecule has 2 aromatic heterocycles. The van der Waals surface area contributed by atoms with Gasteiger partial charge in [0.05, 0.1) is 6.04 Å². The molecule has 2 heterocycles. The van der Waals surface area contributed by atoms with Crippen LogP contribution in [0.25, 0.3) is 22.3 Å². The number of rotatable bonds is 3. The lowest BCUT2D eigenvalue weighted by Crippen LogP contribution is -2.13. The molecule has 0 aliphatic rings. The van der Waals surface area contributed by atoms with E-state index in [1.807, 2.05) is 27.1 Å². The molecule has 19 heavy (non-hydrogen) atoms. The lowest BCUT2D eigenvalue weighted by atomic mass is 10.1. The lowest BCUT2D eigenvalue weighted by molar-refractivity contribution is 0.613. The Morgan fingerprint density at radius 2 is 2.16 bits per heavy atom. The molecule has 3 aromatic rings. The van der Waals surface area contributed by atoms with Gasteiger partial charge in [0.1, 0.15) is 5.82 Å². The van der Waals surface area contributed by atoms with Gasteiger partial charge < -0.3 is 9.88 Å². The van der Waals surface area contributed by atoms with Crippen LogP contribution in [-0.4, -0.2) is 26.8 Å². The summed E-state index contributed by atoms with van der Waals surface area (Å²) in [4.78, 5) is 4.57. The first-order chi connectivity index (χ1) is 9.20. The highest BCUT2D eigenvalue weighted by Gasteiger charge is 2.13. The molecule has 1 atom stereocenters. The third-order valence-electron chi connectivity index (χ3n) is 3.51. The summed E-state index contributed by atoms with van der Waals surface area (Å²) in [7, 11) is 3.95. The third kappa shape index (κ3) is 1.92. The molecule has 2 N–H and O–H groups in total. The van der Waals surface area contributed by atoms with Crippen LogP contribution in [0.4, 0.5) is 0 Å². The van der Waals surface area contributed by atoms with Gasteiger partial charge in [0.2, 0.25) is 0 Å². The fourth-order valence-electron chi connectivity index (χ4n) is 2.22. The summed E-state index contributed by atoms with van der Waals surface area (Å²) in [5.74, 6) is 1.60. The summed E-state index contributed by atoms with van der Waals surface area (Å²) in [6.07, 6.45) is 2.05. The van der Waals surface area contributed by atoms with Crippen LogP contribution in [0, 0.1) is 0 Å². The van der Waals surface area contributed by atoms with Gasteiger partial charge in [0.15, 0.2) is 5.82 Å². The first kappa shape index (κ1) is 11.9. The van der Waals surface area contributed by atoms with E-state index in [4.69, 9.17) is 0 Å². The first-order valence-electron chi connectivity index (χ1n) is 6.34. The molecule has 5 nitrogen and oxygen atoms in total. The van der Waals surface area contributed by atoms with Gasteiger partial charge in [-0.05, 0) is 26.1 Å². The Morgan fingerprint density at radius 3 is 2.95 bits per heavy atom. The maximum atomic E-state index is 4.57. The van der Waals surface area contributed by atoms with Crippen molar-refractivity contribution < 1.29 is 0 Å².